The van der Waals surface area contributed by atoms with Gasteiger partial charge in [-0.1, -0.05) is 0 Å². The predicted octanol–water partition coefficient (Wildman–Crippen LogP) is 1.15. The molecule has 10 heavy (non-hydrogen) atoms. The summed E-state index contributed by atoms with van der Waals surface area (Å²) < 4.78 is 1.72. The van der Waals surface area contributed by atoms with Gasteiger partial charge >= 0.3 is 0 Å². The summed E-state index contributed by atoms with van der Waals surface area (Å²) in [5.41, 5.74) is 0. The molecule has 0 atom stereocenters. The van der Waals surface area contributed by atoms with Gasteiger partial charge in [0, 0.05) is 12.4 Å². The number of imidazole rings is 1. The molecule has 0 aliphatic rings. The van der Waals surface area contributed by atoms with E-state index in [0.29, 0.717) is 12.4 Å². The van der Waals surface area contributed by atoms with E-state index in [1.165, 1.54) is 0 Å². The molecule has 0 aromatic carbocycles. The van der Waals surface area contributed by atoms with Crippen molar-refractivity contribution in [1.82, 2.24) is 9.55 Å². The standard InChI is InChI=1S/C6H6ClN3/c7-5-6-9-2-4-10(6)3-1-8/h2,4H,3,5H2. The Labute approximate surface area is 63.9 Å². The van der Waals surface area contributed by atoms with E-state index in [4.69, 9.17) is 16.9 Å². The predicted molar refractivity (Wildman–Crippen MR) is 37.4 cm³/mol. The maximum atomic E-state index is 8.32. The van der Waals surface area contributed by atoms with Gasteiger partial charge in [-0.2, -0.15) is 5.26 Å². The molecule has 0 unspecified atom stereocenters. The molecule has 0 N–H and O–H groups in total. The molecule has 0 saturated heterocycles. The van der Waals surface area contributed by atoms with Crippen molar-refractivity contribution in [3.05, 3.63) is 18.2 Å². The number of nitriles is 1. The first-order valence-corrected chi connectivity index (χ1v) is 3.35. The third-order valence-electron chi connectivity index (χ3n) is 1.16. The smallest absolute Gasteiger partial charge is 0.124 e. The molecule has 1 heterocycles. The van der Waals surface area contributed by atoms with Gasteiger partial charge < -0.3 is 4.57 Å². The van der Waals surface area contributed by atoms with Crippen LogP contribution in [0.4, 0.5) is 0 Å². The first-order chi connectivity index (χ1) is 4.88. The molecule has 1 aromatic rings. The minimum atomic E-state index is 0.321. The fourth-order valence-corrected chi connectivity index (χ4v) is 0.914. The largest absolute Gasteiger partial charge is 0.320 e. The Morgan fingerprint density at radius 1 is 1.80 bits per heavy atom. The van der Waals surface area contributed by atoms with Crippen molar-refractivity contribution in [3.63, 3.8) is 0 Å². The molecule has 1 aromatic heterocycles. The minimum Gasteiger partial charge on any atom is -0.320 e. The Kier molecular flexibility index (Phi) is 2.30. The van der Waals surface area contributed by atoms with Crippen LogP contribution in [0.3, 0.4) is 0 Å². The van der Waals surface area contributed by atoms with Crippen molar-refractivity contribution in [2.45, 2.75) is 12.4 Å². The Morgan fingerprint density at radius 3 is 3.20 bits per heavy atom. The fraction of sp³-hybridized carbons (Fsp3) is 0.333. The van der Waals surface area contributed by atoms with Crippen LogP contribution in [0.1, 0.15) is 5.82 Å². The van der Waals surface area contributed by atoms with Crippen molar-refractivity contribution >= 4 is 11.6 Å². The molecule has 0 bridgehead atoms. The van der Waals surface area contributed by atoms with Crippen LogP contribution in [-0.2, 0) is 12.4 Å². The fourth-order valence-electron chi connectivity index (χ4n) is 0.691. The van der Waals surface area contributed by atoms with Crippen molar-refractivity contribution in [3.8, 4) is 6.07 Å². The summed E-state index contributed by atoms with van der Waals surface area (Å²) in [5.74, 6) is 1.09. The SMILES string of the molecule is N#CCn1ccnc1CCl. The molecule has 0 aliphatic heterocycles. The van der Waals surface area contributed by atoms with E-state index in [1.807, 2.05) is 6.07 Å². The second-order valence-electron chi connectivity index (χ2n) is 1.76. The van der Waals surface area contributed by atoms with Crippen LogP contribution in [0.2, 0.25) is 0 Å². The van der Waals surface area contributed by atoms with Crippen LogP contribution in [0, 0.1) is 11.3 Å². The number of halogens is 1. The van der Waals surface area contributed by atoms with Crippen molar-refractivity contribution in [2.24, 2.45) is 0 Å². The summed E-state index contributed by atoms with van der Waals surface area (Å²) in [4.78, 5) is 3.93. The lowest BCUT2D eigenvalue weighted by atomic mass is 10.6. The highest BCUT2D eigenvalue weighted by Crippen LogP contribution is 1.99. The Hall–Kier alpha value is -1.01. The van der Waals surface area contributed by atoms with E-state index in [2.05, 4.69) is 4.98 Å². The van der Waals surface area contributed by atoms with Crippen LogP contribution in [-0.4, -0.2) is 9.55 Å². The van der Waals surface area contributed by atoms with Gasteiger partial charge in [0.25, 0.3) is 0 Å². The minimum absolute atomic E-state index is 0.321. The van der Waals surface area contributed by atoms with Gasteiger partial charge in [-0.15, -0.1) is 11.6 Å². The van der Waals surface area contributed by atoms with Gasteiger partial charge in [-0.3, -0.25) is 0 Å². The maximum absolute atomic E-state index is 8.32. The zero-order valence-corrected chi connectivity index (χ0v) is 6.04. The van der Waals surface area contributed by atoms with E-state index < -0.39 is 0 Å². The number of hydrogen-bond donors (Lipinski definition) is 0. The molecule has 0 spiro atoms. The highest BCUT2D eigenvalue weighted by molar-refractivity contribution is 6.16. The van der Waals surface area contributed by atoms with Gasteiger partial charge in [0.05, 0.1) is 11.9 Å². The highest BCUT2D eigenvalue weighted by Gasteiger charge is 1.97. The molecular weight excluding hydrogens is 150 g/mol. The third kappa shape index (κ3) is 1.28. The van der Waals surface area contributed by atoms with Crippen molar-refractivity contribution in [1.29, 1.82) is 5.26 Å². The quantitative estimate of drug-likeness (QED) is 0.602. The Bertz CT molecular complexity index is 248. The van der Waals surface area contributed by atoms with Gasteiger partial charge in [0.2, 0.25) is 0 Å². The van der Waals surface area contributed by atoms with Crippen LogP contribution in [0.5, 0.6) is 0 Å². The normalized spacial score (nSPS) is 9.20. The lowest BCUT2D eigenvalue weighted by Crippen LogP contribution is -1.98. The molecule has 3 nitrogen and oxygen atoms in total. The van der Waals surface area contributed by atoms with Gasteiger partial charge in [0.1, 0.15) is 12.4 Å². The van der Waals surface area contributed by atoms with Gasteiger partial charge in [-0.05, 0) is 0 Å². The summed E-state index contributed by atoms with van der Waals surface area (Å²) in [5, 5.41) is 8.32. The number of rotatable bonds is 2. The van der Waals surface area contributed by atoms with Crippen LogP contribution >= 0.6 is 11.6 Å². The molecular formula is C6H6ClN3. The summed E-state index contributed by atoms with van der Waals surface area (Å²) in [7, 11) is 0. The molecule has 0 saturated carbocycles. The Balaban J connectivity index is 2.82. The zero-order valence-electron chi connectivity index (χ0n) is 5.29. The summed E-state index contributed by atoms with van der Waals surface area (Å²) in [6.45, 7) is 0.321. The van der Waals surface area contributed by atoms with Crippen molar-refractivity contribution < 1.29 is 0 Å². The van der Waals surface area contributed by atoms with Gasteiger partial charge in [0.15, 0.2) is 0 Å². The van der Waals surface area contributed by atoms with Crippen LogP contribution in [0.15, 0.2) is 12.4 Å². The van der Waals surface area contributed by atoms with Gasteiger partial charge in [-0.25, -0.2) is 4.98 Å². The average molecular weight is 156 g/mol. The molecule has 0 radical (unpaired) electrons. The third-order valence-corrected chi connectivity index (χ3v) is 1.40. The molecule has 52 valence electrons. The number of aromatic nitrogens is 2. The van der Waals surface area contributed by atoms with E-state index >= 15 is 0 Å². The second kappa shape index (κ2) is 3.23. The Morgan fingerprint density at radius 2 is 2.60 bits per heavy atom. The van der Waals surface area contributed by atoms with E-state index in [1.54, 1.807) is 17.0 Å². The maximum Gasteiger partial charge on any atom is 0.124 e. The number of alkyl halides is 1. The molecule has 0 amide bonds. The molecule has 1 rings (SSSR count). The highest BCUT2D eigenvalue weighted by atomic mass is 35.5. The first kappa shape index (κ1) is 7.10. The zero-order chi connectivity index (χ0) is 7.40. The molecule has 0 aliphatic carbocycles. The van der Waals surface area contributed by atoms with Crippen LogP contribution in [0.25, 0.3) is 0 Å². The lowest BCUT2D eigenvalue weighted by Gasteiger charge is -1.96. The second-order valence-corrected chi connectivity index (χ2v) is 2.03. The van der Waals surface area contributed by atoms with E-state index in [0.717, 1.165) is 5.82 Å². The number of nitrogens with zero attached hydrogens (tertiary/aromatic N) is 3. The van der Waals surface area contributed by atoms with E-state index in [-0.39, 0.29) is 0 Å². The molecule has 4 heteroatoms. The topological polar surface area (TPSA) is 41.6 Å². The van der Waals surface area contributed by atoms with E-state index in [9.17, 15) is 0 Å². The van der Waals surface area contributed by atoms with Crippen LogP contribution < -0.4 is 0 Å². The average Bonchev–Trinajstić information content (AvgIpc) is 2.36. The monoisotopic (exact) mass is 155 g/mol. The molecule has 0 fully saturated rings. The summed E-state index contributed by atoms with van der Waals surface area (Å²) >= 11 is 5.52. The van der Waals surface area contributed by atoms with Crippen molar-refractivity contribution in [2.75, 3.05) is 0 Å². The summed E-state index contributed by atoms with van der Waals surface area (Å²) in [6.07, 6.45) is 3.37. The lowest BCUT2D eigenvalue weighted by molar-refractivity contribution is 0.782. The first-order valence-electron chi connectivity index (χ1n) is 2.81. The summed E-state index contributed by atoms with van der Waals surface area (Å²) in [6, 6.07) is 2.01. The number of hydrogen-bond acceptors (Lipinski definition) is 2.